The topological polar surface area (TPSA) is 114 Å². The molecule has 3 heterocycles. The minimum Gasteiger partial charge on any atom is -0.460 e. The highest BCUT2D eigenvalue weighted by Crippen LogP contribution is 2.35. The molecule has 1 aromatic heterocycles. The van der Waals surface area contributed by atoms with Gasteiger partial charge in [0.15, 0.2) is 0 Å². The number of aliphatic hydroxyl groups excluding tert-OH is 4. The van der Waals surface area contributed by atoms with E-state index >= 15 is 0 Å². The van der Waals surface area contributed by atoms with Crippen LogP contribution in [-0.2, 0) is 22.3 Å². The molecule has 0 saturated carbocycles. The van der Waals surface area contributed by atoms with Crippen LogP contribution in [0.3, 0.4) is 0 Å². The van der Waals surface area contributed by atoms with Gasteiger partial charge in [0, 0.05) is 30.5 Å². The van der Waals surface area contributed by atoms with Crippen LogP contribution in [0.2, 0.25) is 0 Å². The summed E-state index contributed by atoms with van der Waals surface area (Å²) in [6.07, 6.45) is -3.24. The van der Waals surface area contributed by atoms with Gasteiger partial charge in [-0.25, -0.2) is 4.39 Å². The summed E-state index contributed by atoms with van der Waals surface area (Å²) >= 11 is 0. The summed E-state index contributed by atoms with van der Waals surface area (Å²) in [6.45, 7) is 4.53. The van der Waals surface area contributed by atoms with Crippen LogP contribution in [0.15, 0.2) is 24.4 Å². The molecular weight excluding hydrogens is 433 g/mol. The van der Waals surface area contributed by atoms with Crippen LogP contribution in [0.4, 0.5) is 4.39 Å². The third-order valence-electron chi connectivity index (χ3n) is 6.65. The Balaban J connectivity index is 1.66. The second-order valence-electron chi connectivity index (χ2n) is 8.75. The Morgan fingerprint density at radius 2 is 1.97 bits per heavy atom. The molecule has 9 heteroatoms. The summed E-state index contributed by atoms with van der Waals surface area (Å²) in [5.41, 5.74) is 3.13. The van der Waals surface area contributed by atoms with E-state index in [0.717, 1.165) is 23.2 Å². The molecule has 182 valence electrons. The van der Waals surface area contributed by atoms with Crippen molar-refractivity contribution in [1.29, 1.82) is 0 Å². The van der Waals surface area contributed by atoms with E-state index in [1.165, 1.54) is 6.07 Å². The molecule has 8 nitrogen and oxygen atoms in total. The van der Waals surface area contributed by atoms with Crippen molar-refractivity contribution >= 4 is 0 Å². The predicted molar refractivity (Wildman–Crippen MR) is 117 cm³/mol. The summed E-state index contributed by atoms with van der Waals surface area (Å²) in [4.78, 5) is 0. The number of aliphatic hydroxyl groups is 4. The summed E-state index contributed by atoms with van der Waals surface area (Å²) < 4.78 is 33.5. The number of aryl methyl sites for hydroxylation is 1. The second-order valence-corrected chi connectivity index (χ2v) is 8.75. The van der Waals surface area contributed by atoms with Crippen molar-refractivity contribution in [1.82, 2.24) is 4.57 Å². The third-order valence-corrected chi connectivity index (χ3v) is 6.65. The maximum Gasteiger partial charge on any atom is 0.229 e. The molecule has 0 spiro atoms. The Morgan fingerprint density at radius 3 is 2.61 bits per heavy atom. The Labute approximate surface area is 192 Å². The lowest BCUT2D eigenvalue weighted by atomic mass is 9.99. The summed E-state index contributed by atoms with van der Waals surface area (Å²) in [6, 6.07) is 5.30. The highest BCUT2D eigenvalue weighted by Gasteiger charge is 2.45. The van der Waals surface area contributed by atoms with Gasteiger partial charge in [0.25, 0.3) is 0 Å². The van der Waals surface area contributed by atoms with Gasteiger partial charge in [0.2, 0.25) is 6.29 Å². The van der Waals surface area contributed by atoms with Gasteiger partial charge in [-0.15, -0.1) is 0 Å². The fraction of sp³-hybridized carbons (Fsp3) is 0.583. The Hall–Kier alpha value is -2.01. The van der Waals surface area contributed by atoms with E-state index in [-0.39, 0.29) is 11.9 Å². The molecule has 0 aliphatic carbocycles. The first-order chi connectivity index (χ1) is 15.8. The highest BCUT2D eigenvalue weighted by molar-refractivity contribution is 5.42. The molecule has 0 radical (unpaired) electrons. The number of hydrogen-bond acceptors (Lipinski definition) is 7. The monoisotopic (exact) mass is 465 g/mol. The fourth-order valence-corrected chi connectivity index (χ4v) is 4.55. The van der Waals surface area contributed by atoms with Crippen molar-refractivity contribution in [3.05, 3.63) is 52.6 Å². The van der Waals surface area contributed by atoms with E-state index in [1.54, 1.807) is 6.07 Å². The minimum atomic E-state index is -1.54. The predicted octanol–water partition coefficient (Wildman–Crippen LogP) is 1.23. The van der Waals surface area contributed by atoms with Crippen LogP contribution < -0.4 is 4.74 Å². The lowest BCUT2D eigenvalue weighted by molar-refractivity contribution is -0.277. The lowest BCUT2D eigenvalue weighted by Crippen LogP contribution is -2.60. The van der Waals surface area contributed by atoms with Crippen molar-refractivity contribution in [3.8, 4) is 5.75 Å². The van der Waals surface area contributed by atoms with E-state index < -0.39 is 37.3 Å². The number of ether oxygens (including phenoxy) is 3. The number of aromatic nitrogens is 1. The van der Waals surface area contributed by atoms with Gasteiger partial charge in [-0.05, 0) is 37.0 Å². The molecule has 2 aliphatic rings. The molecule has 4 N–H and O–H groups in total. The average Bonchev–Trinajstić information content (AvgIpc) is 3.43. The fourth-order valence-electron chi connectivity index (χ4n) is 4.55. The zero-order chi connectivity index (χ0) is 23.7. The molecule has 4 rings (SSSR count). The number of halogens is 1. The van der Waals surface area contributed by atoms with Crippen LogP contribution >= 0.6 is 0 Å². The van der Waals surface area contributed by atoms with Crippen molar-refractivity contribution in [2.75, 3.05) is 19.8 Å². The Bertz CT molecular complexity index is 957. The normalized spacial score (nSPS) is 30.0. The number of rotatable bonds is 7. The zero-order valence-electron chi connectivity index (χ0n) is 18.9. The van der Waals surface area contributed by atoms with Gasteiger partial charge >= 0.3 is 0 Å². The van der Waals surface area contributed by atoms with Crippen LogP contribution in [0.25, 0.3) is 0 Å². The Morgan fingerprint density at radius 1 is 1.18 bits per heavy atom. The molecule has 2 aromatic rings. The summed E-state index contributed by atoms with van der Waals surface area (Å²) in [5, 5.41) is 40.1. The van der Waals surface area contributed by atoms with Crippen molar-refractivity contribution in [2.45, 2.75) is 69.9 Å². The molecular formula is C24H32FNO7. The van der Waals surface area contributed by atoms with E-state index in [1.807, 2.05) is 26.1 Å². The number of benzene rings is 1. The van der Waals surface area contributed by atoms with E-state index in [9.17, 15) is 24.8 Å². The molecule has 0 bridgehead atoms. The number of hydrogen-bond donors (Lipinski definition) is 4. The molecule has 2 saturated heterocycles. The van der Waals surface area contributed by atoms with Gasteiger partial charge in [-0.1, -0.05) is 19.1 Å². The van der Waals surface area contributed by atoms with Crippen LogP contribution in [-0.4, -0.2) is 75.5 Å². The molecule has 6 atom stereocenters. The highest BCUT2D eigenvalue weighted by atomic mass is 19.1. The van der Waals surface area contributed by atoms with Gasteiger partial charge in [0.1, 0.15) is 36.0 Å². The van der Waals surface area contributed by atoms with E-state index in [4.69, 9.17) is 14.2 Å². The Kier molecular flexibility index (Phi) is 7.37. The SMILES string of the molecule is CCc1ccc(Cc2c(O[C@@H]3O[C@H](CO)[C@@H](O)[C@H](O)[C@H]3O)cn(C3CCOC3)c2C)cc1F. The van der Waals surface area contributed by atoms with Crippen LogP contribution in [0.1, 0.15) is 41.8 Å². The van der Waals surface area contributed by atoms with Crippen LogP contribution in [0, 0.1) is 12.7 Å². The second kappa shape index (κ2) is 10.1. The standard InChI is InChI=1S/C24H32FNO7/c1-3-15-5-4-14(9-18(15)25)8-17-13(2)26(16-6-7-31-12-16)10-19(17)32-24-23(30)22(29)21(28)20(11-27)33-24/h4-5,9-10,16,20-24,27-30H,3,6-8,11-12H2,1-2H3/t16?,20-,21-,22+,23-,24-/m1/s1. The van der Waals surface area contributed by atoms with Crippen molar-refractivity contribution < 1.29 is 39.0 Å². The van der Waals surface area contributed by atoms with Gasteiger partial charge in [-0.2, -0.15) is 0 Å². The molecule has 1 unspecified atom stereocenters. The molecule has 2 fully saturated rings. The quantitative estimate of drug-likeness (QED) is 0.486. The smallest absolute Gasteiger partial charge is 0.229 e. The first kappa shape index (κ1) is 24.1. The summed E-state index contributed by atoms with van der Waals surface area (Å²) in [7, 11) is 0. The maximum atomic E-state index is 14.4. The molecule has 0 amide bonds. The van der Waals surface area contributed by atoms with Gasteiger partial charge in [0.05, 0.1) is 19.3 Å². The molecule has 33 heavy (non-hydrogen) atoms. The first-order valence-corrected chi connectivity index (χ1v) is 11.4. The average molecular weight is 466 g/mol. The maximum absolute atomic E-state index is 14.4. The largest absolute Gasteiger partial charge is 0.460 e. The van der Waals surface area contributed by atoms with Crippen LogP contribution in [0.5, 0.6) is 5.75 Å². The molecule has 1 aromatic carbocycles. The minimum absolute atomic E-state index is 0.120. The lowest BCUT2D eigenvalue weighted by Gasteiger charge is -2.39. The third kappa shape index (κ3) is 4.80. The zero-order valence-corrected chi connectivity index (χ0v) is 18.9. The van der Waals surface area contributed by atoms with Gasteiger partial charge < -0.3 is 39.2 Å². The van der Waals surface area contributed by atoms with Crippen molar-refractivity contribution in [3.63, 3.8) is 0 Å². The van der Waals surface area contributed by atoms with Gasteiger partial charge in [-0.3, -0.25) is 0 Å². The van der Waals surface area contributed by atoms with Crippen molar-refractivity contribution in [2.24, 2.45) is 0 Å². The first-order valence-electron chi connectivity index (χ1n) is 11.4. The molecule has 2 aliphatic heterocycles. The summed E-state index contributed by atoms with van der Waals surface area (Å²) in [5.74, 6) is 0.163. The van der Waals surface area contributed by atoms with E-state index in [0.29, 0.717) is 37.4 Å². The van der Waals surface area contributed by atoms with E-state index in [2.05, 4.69) is 4.57 Å². The number of nitrogens with zero attached hydrogens (tertiary/aromatic N) is 1.